The third-order valence-electron chi connectivity index (χ3n) is 1.77. The van der Waals surface area contributed by atoms with Gasteiger partial charge in [0, 0.05) is 10.7 Å². The fourth-order valence-corrected chi connectivity index (χ4v) is 1.86. The van der Waals surface area contributed by atoms with E-state index < -0.39 is 9.05 Å². The summed E-state index contributed by atoms with van der Waals surface area (Å²) in [6.07, 6.45) is 3.07. The predicted molar refractivity (Wildman–Crippen MR) is 54.4 cm³/mol. The highest BCUT2D eigenvalue weighted by molar-refractivity contribution is 8.13. The Hall–Kier alpha value is -1.40. The van der Waals surface area contributed by atoms with E-state index in [-0.39, 0.29) is 4.90 Å². The van der Waals surface area contributed by atoms with Crippen molar-refractivity contribution < 1.29 is 8.42 Å². The van der Waals surface area contributed by atoms with Crippen molar-refractivity contribution >= 4 is 19.7 Å². The lowest BCUT2D eigenvalue weighted by molar-refractivity contribution is 0.609. The maximum Gasteiger partial charge on any atom is 0.261 e. The van der Waals surface area contributed by atoms with Crippen LogP contribution in [0.4, 0.5) is 0 Å². The number of benzene rings is 1. The minimum Gasteiger partial charge on any atom is -0.207 e. The van der Waals surface area contributed by atoms with Crippen LogP contribution in [0.15, 0.2) is 41.6 Å². The zero-order valence-corrected chi connectivity index (χ0v) is 8.98. The van der Waals surface area contributed by atoms with Crippen LogP contribution in [0.1, 0.15) is 0 Å². The van der Waals surface area contributed by atoms with Crippen molar-refractivity contribution in [3.63, 3.8) is 0 Å². The summed E-state index contributed by atoms with van der Waals surface area (Å²) < 4.78 is 21.9. The first-order chi connectivity index (χ1) is 7.07. The highest BCUT2D eigenvalue weighted by Crippen LogP contribution is 2.16. The lowest BCUT2D eigenvalue weighted by Gasteiger charge is -2.00. The molecule has 1 heterocycles. The van der Waals surface area contributed by atoms with Crippen LogP contribution in [0.2, 0.25) is 0 Å². The molecular formula is C8H6ClN3O2S. The number of hydrogen-bond acceptors (Lipinski definition) is 4. The van der Waals surface area contributed by atoms with Crippen molar-refractivity contribution in [2.75, 3.05) is 0 Å². The van der Waals surface area contributed by atoms with Crippen LogP contribution in [0.3, 0.4) is 0 Å². The van der Waals surface area contributed by atoms with E-state index in [0.717, 1.165) is 0 Å². The summed E-state index contributed by atoms with van der Waals surface area (Å²) in [7, 11) is 1.50. The molecule has 15 heavy (non-hydrogen) atoms. The SMILES string of the molecule is O=S(=O)(Cl)c1ccc(-n2nccn2)cc1. The minimum absolute atomic E-state index is 0.0556. The molecule has 0 bridgehead atoms. The van der Waals surface area contributed by atoms with Crippen LogP contribution in [-0.2, 0) is 9.05 Å². The van der Waals surface area contributed by atoms with Crippen molar-refractivity contribution in [2.45, 2.75) is 4.90 Å². The lowest BCUT2D eigenvalue weighted by Crippen LogP contribution is -1.99. The summed E-state index contributed by atoms with van der Waals surface area (Å²) in [4.78, 5) is 1.44. The van der Waals surface area contributed by atoms with E-state index in [1.54, 1.807) is 12.1 Å². The van der Waals surface area contributed by atoms with Crippen LogP contribution in [-0.4, -0.2) is 23.4 Å². The smallest absolute Gasteiger partial charge is 0.207 e. The molecule has 1 aromatic carbocycles. The Morgan fingerprint density at radius 2 is 1.60 bits per heavy atom. The Labute approximate surface area is 90.7 Å². The molecule has 78 valence electrons. The van der Waals surface area contributed by atoms with E-state index in [1.165, 1.54) is 29.3 Å². The molecule has 0 aliphatic carbocycles. The molecule has 0 radical (unpaired) electrons. The van der Waals surface area contributed by atoms with Crippen molar-refractivity contribution in [2.24, 2.45) is 0 Å². The zero-order chi connectivity index (χ0) is 10.9. The van der Waals surface area contributed by atoms with E-state index in [9.17, 15) is 8.42 Å². The average Bonchev–Trinajstić information content (AvgIpc) is 2.69. The van der Waals surface area contributed by atoms with Gasteiger partial charge in [-0.1, -0.05) is 0 Å². The standard InChI is InChI=1S/C8H6ClN3O2S/c9-15(13,14)8-3-1-7(2-4-8)12-10-5-6-11-12/h1-6H. The molecule has 0 unspecified atom stereocenters. The van der Waals surface area contributed by atoms with Gasteiger partial charge in [0.25, 0.3) is 9.05 Å². The highest BCUT2D eigenvalue weighted by atomic mass is 35.7. The minimum atomic E-state index is -3.67. The molecule has 0 atom stereocenters. The Kier molecular flexibility index (Phi) is 2.45. The zero-order valence-electron chi connectivity index (χ0n) is 7.41. The molecule has 0 spiro atoms. The normalized spacial score (nSPS) is 11.5. The molecule has 0 aliphatic heterocycles. The number of rotatable bonds is 2. The molecule has 7 heteroatoms. The molecule has 0 N–H and O–H groups in total. The Morgan fingerprint density at radius 1 is 1.07 bits per heavy atom. The van der Waals surface area contributed by atoms with Crippen LogP contribution >= 0.6 is 10.7 Å². The molecule has 5 nitrogen and oxygen atoms in total. The highest BCUT2D eigenvalue weighted by Gasteiger charge is 2.09. The molecule has 2 aromatic rings. The predicted octanol–water partition coefficient (Wildman–Crippen LogP) is 1.19. The first-order valence-corrected chi connectivity index (χ1v) is 6.30. The molecule has 0 amide bonds. The van der Waals surface area contributed by atoms with Gasteiger partial charge in [-0.15, -0.1) is 0 Å². The quantitative estimate of drug-likeness (QED) is 0.744. The molecule has 2 rings (SSSR count). The van der Waals surface area contributed by atoms with Gasteiger partial charge in [-0.2, -0.15) is 15.0 Å². The maximum atomic E-state index is 11.0. The first-order valence-electron chi connectivity index (χ1n) is 3.99. The number of aromatic nitrogens is 3. The molecular weight excluding hydrogens is 238 g/mol. The van der Waals surface area contributed by atoms with Crippen molar-refractivity contribution in [3.8, 4) is 5.69 Å². The second-order valence-electron chi connectivity index (χ2n) is 2.75. The summed E-state index contributed by atoms with van der Waals surface area (Å²) >= 11 is 0. The molecule has 0 saturated carbocycles. The third kappa shape index (κ3) is 2.16. The second-order valence-corrected chi connectivity index (χ2v) is 5.32. The van der Waals surface area contributed by atoms with E-state index in [4.69, 9.17) is 10.7 Å². The van der Waals surface area contributed by atoms with Gasteiger partial charge in [0.1, 0.15) is 0 Å². The molecule has 0 fully saturated rings. The van der Waals surface area contributed by atoms with Crippen LogP contribution < -0.4 is 0 Å². The molecule has 0 saturated heterocycles. The Bertz CT molecular complexity index is 548. The molecule has 1 aromatic heterocycles. The topological polar surface area (TPSA) is 64.8 Å². The third-order valence-corrected chi connectivity index (χ3v) is 3.14. The van der Waals surface area contributed by atoms with Crippen molar-refractivity contribution in [1.82, 2.24) is 15.0 Å². The summed E-state index contributed by atoms with van der Waals surface area (Å²) in [5.41, 5.74) is 0.670. The fourth-order valence-electron chi connectivity index (χ4n) is 1.09. The average molecular weight is 244 g/mol. The van der Waals surface area contributed by atoms with Gasteiger partial charge in [0.15, 0.2) is 0 Å². The van der Waals surface area contributed by atoms with Crippen LogP contribution in [0.5, 0.6) is 0 Å². The summed E-state index contributed by atoms with van der Waals surface area (Å²) in [5, 5.41) is 7.80. The van der Waals surface area contributed by atoms with Crippen molar-refractivity contribution in [3.05, 3.63) is 36.7 Å². The number of halogens is 1. The van der Waals surface area contributed by atoms with E-state index in [1.807, 2.05) is 0 Å². The lowest BCUT2D eigenvalue weighted by atomic mass is 10.3. The fraction of sp³-hybridized carbons (Fsp3) is 0. The Morgan fingerprint density at radius 3 is 2.07 bits per heavy atom. The number of hydrogen-bond donors (Lipinski definition) is 0. The van der Waals surface area contributed by atoms with E-state index in [0.29, 0.717) is 5.69 Å². The summed E-state index contributed by atoms with van der Waals surface area (Å²) in [6.45, 7) is 0. The second kappa shape index (κ2) is 3.63. The first kappa shape index (κ1) is 10.1. The number of nitrogens with zero attached hydrogens (tertiary/aromatic N) is 3. The monoisotopic (exact) mass is 243 g/mol. The van der Waals surface area contributed by atoms with E-state index in [2.05, 4.69) is 10.2 Å². The maximum absolute atomic E-state index is 11.0. The largest absolute Gasteiger partial charge is 0.261 e. The van der Waals surface area contributed by atoms with Gasteiger partial charge < -0.3 is 0 Å². The van der Waals surface area contributed by atoms with Gasteiger partial charge in [-0.3, -0.25) is 0 Å². The van der Waals surface area contributed by atoms with Crippen LogP contribution in [0, 0.1) is 0 Å². The molecule has 0 aliphatic rings. The van der Waals surface area contributed by atoms with Crippen molar-refractivity contribution in [1.29, 1.82) is 0 Å². The van der Waals surface area contributed by atoms with Gasteiger partial charge in [-0.25, -0.2) is 8.42 Å². The Balaban J connectivity index is 2.42. The summed E-state index contributed by atoms with van der Waals surface area (Å²) in [6, 6.07) is 5.96. The van der Waals surface area contributed by atoms with Gasteiger partial charge in [0.05, 0.1) is 23.0 Å². The van der Waals surface area contributed by atoms with Gasteiger partial charge in [-0.05, 0) is 24.3 Å². The van der Waals surface area contributed by atoms with Gasteiger partial charge >= 0.3 is 0 Å². The van der Waals surface area contributed by atoms with Crippen LogP contribution in [0.25, 0.3) is 5.69 Å². The van der Waals surface area contributed by atoms with E-state index >= 15 is 0 Å². The van der Waals surface area contributed by atoms with Gasteiger partial charge in [0.2, 0.25) is 0 Å². The summed E-state index contributed by atoms with van der Waals surface area (Å²) in [5.74, 6) is 0.